The number of halogens is 1. The molecule has 5 nitrogen and oxygen atoms in total. The lowest BCUT2D eigenvalue weighted by molar-refractivity contribution is -0.131. The van der Waals surface area contributed by atoms with Gasteiger partial charge >= 0.3 is 5.97 Å². The van der Waals surface area contributed by atoms with Crippen molar-refractivity contribution in [1.29, 1.82) is 0 Å². The molecule has 1 N–H and O–H groups in total. The molecular formula is C21H20ClNO4S. The highest BCUT2D eigenvalue weighted by Crippen LogP contribution is 2.51. The van der Waals surface area contributed by atoms with Crippen molar-refractivity contribution in [3.8, 4) is 0 Å². The molecule has 0 saturated carbocycles. The molecule has 1 spiro atoms. The lowest BCUT2D eigenvalue weighted by Gasteiger charge is -2.39. The predicted molar refractivity (Wildman–Crippen MR) is 108 cm³/mol. The van der Waals surface area contributed by atoms with Crippen molar-refractivity contribution in [3.63, 3.8) is 0 Å². The fraction of sp³-hybridized carbons (Fsp3) is 0.286. The summed E-state index contributed by atoms with van der Waals surface area (Å²) in [6, 6.07) is 14.1. The second-order valence-electron chi connectivity index (χ2n) is 7.37. The van der Waals surface area contributed by atoms with E-state index in [0.29, 0.717) is 37.4 Å². The first kappa shape index (κ1) is 19.2. The van der Waals surface area contributed by atoms with Crippen molar-refractivity contribution in [3.05, 3.63) is 70.8 Å². The molecule has 0 unspecified atom stereocenters. The number of benzene rings is 2. The van der Waals surface area contributed by atoms with Gasteiger partial charge in [-0.15, -0.1) is 0 Å². The van der Waals surface area contributed by atoms with E-state index < -0.39 is 16.0 Å². The van der Waals surface area contributed by atoms with Crippen LogP contribution >= 0.6 is 11.6 Å². The Morgan fingerprint density at radius 2 is 1.71 bits per heavy atom. The van der Waals surface area contributed by atoms with Gasteiger partial charge in [-0.3, -0.25) is 0 Å². The van der Waals surface area contributed by atoms with Crippen LogP contribution in [-0.4, -0.2) is 36.9 Å². The summed E-state index contributed by atoms with van der Waals surface area (Å²) in [6.07, 6.45) is 3.24. The van der Waals surface area contributed by atoms with Crippen LogP contribution in [0.5, 0.6) is 0 Å². The summed E-state index contributed by atoms with van der Waals surface area (Å²) >= 11 is 5.87. The molecule has 4 rings (SSSR count). The van der Waals surface area contributed by atoms with Crippen molar-refractivity contribution in [2.45, 2.75) is 29.6 Å². The number of hydrogen-bond acceptors (Lipinski definition) is 3. The van der Waals surface area contributed by atoms with Gasteiger partial charge in [-0.2, -0.15) is 4.31 Å². The molecule has 2 aromatic carbocycles. The average molecular weight is 418 g/mol. The van der Waals surface area contributed by atoms with Crippen LogP contribution in [0.2, 0.25) is 5.02 Å². The molecule has 0 amide bonds. The lowest BCUT2D eigenvalue weighted by atomic mass is 9.74. The number of carboxylic acid groups (broad SMARTS) is 1. The standard InChI is InChI=1S/C21H20ClNO4S/c22-16-5-7-17(8-6-16)28(26,27)23-11-9-21(10-12-23)14-15(13-20(24)25)18-3-1-2-4-19(18)21/h1-8,13H,9-12,14H2,(H,24,25). The maximum atomic E-state index is 13.0. The van der Waals surface area contributed by atoms with Gasteiger partial charge in [-0.25, -0.2) is 13.2 Å². The number of fused-ring (bicyclic) bond motifs is 2. The van der Waals surface area contributed by atoms with E-state index in [4.69, 9.17) is 11.6 Å². The van der Waals surface area contributed by atoms with Crippen LogP contribution in [-0.2, 0) is 20.2 Å². The molecule has 1 aliphatic heterocycles. The first-order chi connectivity index (χ1) is 13.3. The van der Waals surface area contributed by atoms with Crippen LogP contribution in [0.15, 0.2) is 59.5 Å². The predicted octanol–water partition coefficient (Wildman–Crippen LogP) is 3.93. The van der Waals surface area contributed by atoms with E-state index >= 15 is 0 Å². The third-order valence-corrected chi connectivity index (χ3v) is 7.97. The van der Waals surface area contributed by atoms with Crippen molar-refractivity contribution in [2.75, 3.05) is 13.1 Å². The maximum absolute atomic E-state index is 13.0. The fourth-order valence-corrected chi connectivity index (χ4v) is 5.98. The molecule has 1 aliphatic carbocycles. The maximum Gasteiger partial charge on any atom is 0.328 e. The van der Waals surface area contributed by atoms with Gasteiger partial charge in [0, 0.05) is 29.6 Å². The molecule has 0 radical (unpaired) electrons. The van der Waals surface area contributed by atoms with Crippen molar-refractivity contribution in [1.82, 2.24) is 4.31 Å². The molecular weight excluding hydrogens is 398 g/mol. The third kappa shape index (κ3) is 3.26. The Kier molecular flexibility index (Phi) is 4.81. The molecule has 1 saturated heterocycles. The van der Waals surface area contributed by atoms with Gasteiger partial charge in [0.25, 0.3) is 0 Å². The minimum Gasteiger partial charge on any atom is -0.478 e. The zero-order chi connectivity index (χ0) is 19.9. The largest absolute Gasteiger partial charge is 0.478 e. The SMILES string of the molecule is O=C(O)C=C1CC2(CCN(S(=O)(=O)c3ccc(Cl)cc3)CC2)c2ccccc21. The molecule has 1 heterocycles. The van der Waals surface area contributed by atoms with Gasteiger partial charge in [0.05, 0.1) is 4.90 Å². The van der Waals surface area contributed by atoms with Crippen molar-refractivity contribution in [2.24, 2.45) is 0 Å². The topological polar surface area (TPSA) is 74.7 Å². The number of hydrogen-bond donors (Lipinski definition) is 1. The fourth-order valence-electron chi connectivity index (χ4n) is 4.41. The lowest BCUT2D eigenvalue weighted by Crippen LogP contribution is -2.44. The van der Waals surface area contributed by atoms with Crippen LogP contribution in [0.4, 0.5) is 0 Å². The second kappa shape index (κ2) is 7.03. The summed E-state index contributed by atoms with van der Waals surface area (Å²) in [6.45, 7) is 0.805. The van der Waals surface area contributed by atoms with Crippen LogP contribution in [0.1, 0.15) is 30.4 Å². The number of rotatable bonds is 3. The molecule has 0 bridgehead atoms. The molecule has 2 aliphatic rings. The number of nitrogens with zero attached hydrogens (tertiary/aromatic N) is 1. The highest BCUT2D eigenvalue weighted by atomic mass is 35.5. The summed E-state index contributed by atoms with van der Waals surface area (Å²) in [5.74, 6) is -0.954. The van der Waals surface area contributed by atoms with E-state index in [-0.39, 0.29) is 10.3 Å². The molecule has 2 aromatic rings. The number of carboxylic acids is 1. The number of aliphatic carboxylic acids is 1. The van der Waals surface area contributed by atoms with Gasteiger partial charge in [0.15, 0.2) is 0 Å². The van der Waals surface area contributed by atoms with Gasteiger partial charge in [0.2, 0.25) is 10.0 Å². The van der Waals surface area contributed by atoms with E-state index in [2.05, 4.69) is 0 Å². The van der Waals surface area contributed by atoms with Crippen LogP contribution in [0, 0.1) is 0 Å². The number of carbonyl (C=O) groups is 1. The number of sulfonamides is 1. The van der Waals surface area contributed by atoms with Crippen molar-refractivity contribution >= 4 is 33.2 Å². The quantitative estimate of drug-likeness (QED) is 0.767. The summed E-state index contributed by atoms with van der Waals surface area (Å²) < 4.78 is 27.4. The van der Waals surface area contributed by atoms with Gasteiger partial charge in [-0.05, 0) is 60.2 Å². The number of allylic oxidation sites excluding steroid dienone is 1. The van der Waals surface area contributed by atoms with Crippen LogP contribution < -0.4 is 0 Å². The smallest absolute Gasteiger partial charge is 0.328 e. The zero-order valence-corrected chi connectivity index (χ0v) is 16.7. The highest BCUT2D eigenvalue weighted by molar-refractivity contribution is 7.89. The van der Waals surface area contributed by atoms with Crippen LogP contribution in [0.3, 0.4) is 0 Å². The van der Waals surface area contributed by atoms with Crippen LogP contribution in [0.25, 0.3) is 5.57 Å². The molecule has 0 aromatic heterocycles. The molecule has 28 heavy (non-hydrogen) atoms. The Morgan fingerprint density at radius 3 is 2.36 bits per heavy atom. The van der Waals surface area contributed by atoms with E-state index in [1.54, 1.807) is 12.1 Å². The average Bonchev–Trinajstić information content (AvgIpc) is 2.95. The molecule has 7 heteroatoms. The summed E-state index contributed by atoms with van der Waals surface area (Å²) in [5, 5.41) is 9.70. The molecule has 1 fully saturated rings. The minimum absolute atomic E-state index is 0.204. The summed E-state index contributed by atoms with van der Waals surface area (Å²) in [5.41, 5.74) is 2.71. The van der Waals surface area contributed by atoms with Gasteiger partial charge in [-0.1, -0.05) is 35.9 Å². The monoisotopic (exact) mass is 417 g/mol. The number of piperidine rings is 1. The third-order valence-electron chi connectivity index (χ3n) is 5.80. The van der Waals surface area contributed by atoms with E-state index in [9.17, 15) is 18.3 Å². The van der Waals surface area contributed by atoms with E-state index in [1.807, 2.05) is 24.3 Å². The van der Waals surface area contributed by atoms with Gasteiger partial charge in [0.1, 0.15) is 0 Å². The highest BCUT2D eigenvalue weighted by Gasteiger charge is 2.45. The second-order valence-corrected chi connectivity index (χ2v) is 9.74. The van der Waals surface area contributed by atoms with Gasteiger partial charge < -0.3 is 5.11 Å². The molecule has 146 valence electrons. The van der Waals surface area contributed by atoms with Crippen molar-refractivity contribution < 1.29 is 18.3 Å². The van der Waals surface area contributed by atoms with E-state index in [0.717, 1.165) is 16.7 Å². The zero-order valence-electron chi connectivity index (χ0n) is 15.1. The Hall–Kier alpha value is -2.15. The Bertz CT molecular complexity index is 1050. The Labute approximate surface area is 169 Å². The summed E-state index contributed by atoms with van der Waals surface area (Å²) in [7, 11) is -3.57. The Balaban J connectivity index is 1.60. The first-order valence-electron chi connectivity index (χ1n) is 9.11. The molecule has 0 atom stereocenters. The Morgan fingerprint density at radius 1 is 1.07 bits per heavy atom. The minimum atomic E-state index is -3.57. The first-order valence-corrected chi connectivity index (χ1v) is 10.9. The van der Waals surface area contributed by atoms with E-state index in [1.165, 1.54) is 22.5 Å². The summed E-state index contributed by atoms with van der Waals surface area (Å²) in [4.78, 5) is 11.5. The normalized spacial score (nSPS) is 20.4.